The number of carbonyl (C=O) groups is 2. The minimum Gasteiger partial charge on any atom is -0.480 e. The summed E-state index contributed by atoms with van der Waals surface area (Å²) >= 11 is 13.2. The lowest BCUT2D eigenvalue weighted by atomic mass is 10.2. The zero-order valence-electron chi connectivity index (χ0n) is 11.3. The Morgan fingerprint density at radius 3 is 2.48 bits per heavy atom. The van der Waals surface area contributed by atoms with Gasteiger partial charge in [0, 0.05) is 16.1 Å². The van der Waals surface area contributed by atoms with E-state index < -0.39 is 17.9 Å². The Hall–Kier alpha value is -1.17. The van der Waals surface area contributed by atoms with Gasteiger partial charge in [0.2, 0.25) is 5.91 Å². The van der Waals surface area contributed by atoms with E-state index in [9.17, 15) is 9.59 Å². The van der Waals surface area contributed by atoms with Crippen LogP contribution in [0.4, 0.5) is 0 Å². The van der Waals surface area contributed by atoms with Crippen molar-refractivity contribution in [2.45, 2.75) is 12.5 Å². The Balaban J connectivity index is 2.66. The topological polar surface area (TPSA) is 66.4 Å². The monoisotopic (exact) mass is 347 g/mol. The molecule has 1 atom stereocenters. The molecule has 0 aromatic heterocycles. The van der Waals surface area contributed by atoms with Crippen LogP contribution in [0.25, 0.3) is 6.08 Å². The molecule has 0 saturated carbocycles. The van der Waals surface area contributed by atoms with Gasteiger partial charge in [-0.2, -0.15) is 11.8 Å². The molecular formula is C14H15Cl2NO3S. The second kappa shape index (κ2) is 8.97. The van der Waals surface area contributed by atoms with Crippen LogP contribution < -0.4 is 5.32 Å². The molecule has 0 fully saturated rings. The Bertz CT molecular complexity index is 529. The van der Waals surface area contributed by atoms with Gasteiger partial charge in [0.25, 0.3) is 0 Å². The van der Waals surface area contributed by atoms with Gasteiger partial charge in [0.05, 0.1) is 0 Å². The van der Waals surface area contributed by atoms with E-state index in [1.807, 2.05) is 6.26 Å². The second-order valence-electron chi connectivity index (χ2n) is 4.22. The smallest absolute Gasteiger partial charge is 0.326 e. The molecule has 1 amide bonds. The van der Waals surface area contributed by atoms with Crippen LogP contribution in [0.2, 0.25) is 10.0 Å². The van der Waals surface area contributed by atoms with E-state index in [1.54, 1.807) is 18.2 Å². The van der Waals surface area contributed by atoms with Crippen LogP contribution in [0.15, 0.2) is 24.3 Å². The number of carboxylic acids is 1. The van der Waals surface area contributed by atoms with Crippen molar-refractivity contribution in [2.24, 2.45) is 0 Å². The molecule has 21 heavy (non-hydrogen) atoms. The summed E-state index contributed by atoms with van der Waals surface area (Å²) in [6, 6.07) is 4.00. The van der Waals surface area contributed by atoms with E-state index in [2.05, 4.69) is 5.32 Å². The highest BCUT2D eigenvalue weighted by Gasteiger charge is 2.17. The number of amides is 1. The zero-order chi connectivity index (χ0) is 15.8. The standard InChI is InChI=1S/C14H15Cl2NO3S/c1-21-5-4-12(14(19)20)17-13(18)3-2-9-6-10(15)8-11(16)7-9/h2-3,6-8,12H,4-5H2,1H3,(H,17,18)(H,19,20)/b3-2+/t12-/m0/s1. The fraction of sp³-hybridized carbons (Fsp3) is 0.286. The number of hydrogen-bond donors (Lipinski definition) is 2. The third-order valence-electron chi connectivity index (χ3n) is 2.54. The first-order chi connectivity index (χ1) is 9.92. The molecule has 1 aromatic carbocycles. The van der Waals surface area contributed by atoms with Crippen molar-refractivity contribution in [1.29, 1.82) is 0 Å². The lowest BCUT2D eigenvalue weighted by Gasteiger charge is -2.12. The van der Waals surface area contributed by atoms with Gasteiger partial charge in [-0.05, 0) is 48.3 Å². The fourth-order valence-corrected chi connectivity index (χ4v) is 2.57. The third-order valence-corrected chi connectivity index (χ3v) is 3.62. The van der Waals surface area contributed by atoms with Gasteiger partial charge in [0.1, 0.15) is 6.04 Å². The molecule has 1 aromatic rings. The maximum Gasteiger partial charge on any atom is 0.326 e. The predicted octanol–water partition coefficient (Wildman–Crippen LogP) is 3.33. The highest BCUT2D eigenvalue weighted by Crippen LogP contribution is 2.19. The summed E-state index contributed by atoms with van der Waals surface area (Å²) in [5.41, 5.74) is 0.665. The number of nitrogens with one attached hydrogen (secondary N) is 1. The van der Waals surface area contributed by atoms with Gasteiger partial charge in [-0.3, -0.25) is 4.79 Å². The highest BCUT2D eigenvalue weighted by molar-refractivity contribution is 7.98. The SMILES string of the molecule is CSCC[C@H](NC(=O)/C=C/c1cc(Cl)cc(Cl)c1)C(=O)O. The van der Waals surface area contributed by atoms with Crippen LogP contribution in [0.5, 0.6) is 0 Å². The average molecular weight is 348 g/mol. The maximum atomic E-state index is 11.7. The maximum absolute atomic E-state index is 11.7. The van der Waals surface area contributed by atoms with Crippen LogP contribution in [0.1, 0.15) is 12.0 Å². The molecule has 0 radical (unpaired) electrons. The first kappa shape index (κ1) is 17.9. The summed E-state index contributed by atoms with van der Waals surface area (Å²) < 4.78 is 0. The number of aliphatic carboxylic acids is 1. The number of carboxylic acid groups (broad SMARTS) is 1. The van der Waals surface area contributed by atoms with Gasteiger partial charge < -0.3 is 10.4 Å². The molecule has 0 aliphatic heterocycles. The summed E-state index contributed by atoms with van der Waals surface area (Å²) in [5, 5.41) is 12.4. The van der Waals surface area contributed by atoms with Crippen molar-refractivity contribution in [3.8, 4) is 0 Å². The van der Waals surface area contributed by atoms with Crippen molar-refractivity contribution in [2.75, 3.05) is 12.0 Å². The molecule has 0 saturated heterocycles. The number of hydrogen-bond acceptors (Lipinski definition) is 3. The second-order valence-corrected chi connectivity index (χ2v) is 6.08. The van der Waals surface area contributed by atoms with E-state index in [0.717, 1.165) is 0 Å². The molecule has 0 heterocycles. The Morgan fingerprint density at radius 2 is 1.95 bits per heavy atom. The minimum atomic E-state index is -1.04. The van der Waals surface area contributed by atoms with Crippen molar-refractivity contribution >= 4 is 52.9 Å². The lowest BCUT2D eigenvalue weighted by molar-refractivity contribution is -0.141. The quantitative estimate of drug-likeness (QED) is 0.742. The Morgan fingerprint density at radius 1 is 1.33 bits per heavy atom. The van der Waals surface area contributed by atoms with Crippen LogP contribution in [-0.4, -0.2) is 35.0 Å². The van der Waals surface area contributed by atoms with Crippen molar-refractivity contribution in [3.63, 3.8) is 0 Å². The summed E-state index contributed by atoms with van der Waals surface area (Å²) in [5.74, 6) is -0.860. The number of benzene rings is 1. The minimum absolute atomic E-state index is 0.374. The molecule has 0 bridgehead atoms. The Kier molecular flexibility index (Phi) is 7.64. The van der Waals surface area contributed by atoms with Crippen LogP contribution in [-0.2, 0) is 9.59 Å². The molecule has 2 N–H and O–H groups in total. The number of halogens is 2. The van der Waals surface area contributed by atoms with Gasteiger partial charge in [-0.15, -0.1) is 0 Å². The molecule has 7 heteroatoms. The lowest BCUT2D eigenvalue weighted by Crippen LogP contribution is -2.40. The normalized spacial score (nSPS) is 12.3. The van der Waals surface area contributed by atoms with Gasteiger partial charge in [-0.1, -0.05) is 23.2 Å². The molecule has 0 spiro atoms. The molecule has 0 aliphatic carbocycles. The zero-order valence-corrected chi connectivity index (χ0v) is 13.6. The number of thioether (sulfide) groups is 1. The van der Waals surface area contributed by atoms with E-state index in [4.69, 9.17) is 28.3 Å². The van der Waals surface area contributed by atoms with Gasteiger partial charge in [-0.25, -0.2) is 4.79 Å². The highest BCUT2D eigenvalue weighted by atomic mass is 35.5. The predicted molar refractivity (Wildman–Crippen MR) is 88.1 cm³/mol. The summed E-state index contributed by atoms with van der Waals surface area (Å²) in [6.45, 7) is 0. The van der Waals surface area contributed by atoms with Crippen LogP contribution in [0, 0.1) is 0 Å². The van der Waals surface area contributed by atoms with E-state index in [0.29, 0.717) is 27.8 Å². The molecule has 4 nitrogen and oxygen atoms in total. The van der Waals surface area contributed by atoms with E-state index >= 15 is 0 Å². The average Bonchev–Trinajstić information content (AvgIpc) is 2.39. The number of rotatable bonds is 7. The first-order valence-corrected chi connectivity index (χ1v) is 8.23. The van der Waals surface area contributed by atoms with Gasteiger partial charge >= 0.3 is 5.97 Å². The summed E-state index contributed by atoms with van der Waals surface area (Å²) in [7, 11) is 0. The van der Waals surface area contributed by atoms with E-state index in [-0.39, 0.29) is 0 Å². The summed E-state index contributed by atoms with van der Waals surface area (Å²) in [4.78, 5) is 22.8. The van der Waals surface area contributed by atoms with Crippen LogP contribution in [0.3, 0.4) is 0 Å². The third kappa shape index (κ3) is 6.89. The molecule has 0 unspecified atom stereocenters. The molecular weight excluding hydrogens is 333 g/mol. The summed E-state index contributed by atoms with van der Waals surface area (Å²) in [6.07, 6.45) is 5.04. The van der Waals surface area contributed by atoms with Crippen LogP contribution >= 0.6 is 35.0 Å². The molecule has 114 valence electrons. The van der Waals surface area contributed by atoms with Crippen molar-refractivity contribution in [1.82, 2.24) is 5.32 Å². The van der Waals surface area contributed by atoms with Crippen molar-refractivity contribution in [3.05, 3.63) is 39.9 Å². The molecule has 1 rings (SSSR count). The van der Waals surface area contributed by atoms with Gasteiger partial charge in [0.15, 0.2) is 0 Å². The molecule has 0 aliphatic rings. The van der Waals surface area contributed by atoms with E-state index in [1.165, 1.54) is 23.9 Å². The van der Waals surface area contributed by atoms with Crippen molar-refractivity contribution < 1.29 is 14.7 Å². The Labute approximate surface area is 137 Å². The fourth-order valence-electron chi connectivity index (χ4n) is 1.56. The first-order valence-electron chi connectivity index (χ1n) is 6.09. The number of carbonyl (C=O) groups excluding carboxylic acids is 1. The largest absolute Gasteiger partial charge is 0.480 e.